The monoisotopic (exact) mass is 259 g/mol. The maximum atomic E-state index is 12.5. The number of halogens is 3. The lowest BCUT2D eigenvalue weighted by molar-refractivity contribution is -0.137. The maximum Gasteiger partial charge on any atom is 0.416 e. The number of alkyl halides is 3. The zero-order chi connectivity index (χ0) is 13.5. The molecule has 98 valence electrons. The Kier molecular flexibility index (Phi) is 2.94. The first kappa shape index (κ1) is 12.7. The van der Waals surface area contributed by atoms with E-state index in [1.165, 1.54) is 6.07 Å². The molecular formula is C11H12F3N3O. The van der Waals surface area contributed by atoms with Crippen LogP contribution in [0.1, 0.15) is 22.3 Å². The first-order valence-corrected chi connectivity index (χ1v) is 5.32. The standard InChI is InChI=1S/C11H12F3N3O/c12-11(13,14)5-1-2-8(6(3-5)10(16)18)17-9-4-7(9)15/h1-3,7,9,17H,4,15H2,(H2,16,18). The highest BCUT2D eigenvalue weighted by atomic mass is 19.4. The van der Waals surface area contributed by atoms with Crippen molar-refractivity contribution in [3.63, 3.8) is 0 Å². The largest absolute Gasteiger partial charge is 0.416 e. The third-order valence-electron chi connectivity index (χ3n) is 2.79. The molecule has 1 amide bonds. The molecule has 0 bridgehead atoms. The Hall–Kier alpha value is -1.76. The number of rotatable bonds is 3. The van der Waals surface area contributed by atoms with Crippen molar-refractivity contribution < 1.29 is 18.0 Å². The average Bonchev–Trinajstić information content (AvgIpc) is 2.92. The second-order valence-electron chi connectivity index (χ2n) is 4.27. The number of anilines is 1. The van der Waals surface area contributed by atoms with Gasteiger partial charge in [0, 0.05) is 17.8 Å². The molecule has 1 aromatic rings. The number of nitrogens with one attached hydrogen (secondary N) is 1. The van der Waals surface area contributed by atoms with Crippen LogP contribution in [0.15, 0.2) is 18.2 Å². The molecule has 2 unspecified atom stereocenters. The fourth-order valence-electron chi connectivity index (χ4n) is 1.63. The number of carbonyl (C=O) groups is 1. The molecule has 0 radical (unpaired) electrons. The summed E-state index contributed by atoms with van der Waals surface area (Å²) in [5.41, 5.74) is 9.87. The number of nitrogens with two attached hydrogens (primary N) is 2. The Morgan fingerprint density at radius 3 is 2.44 bits per heavy atom. The third-order valence-corrected chi connectivity index (χ3v) is 2.79. The van der Waals surface area contributed by atoms with Gasteiger partial charge in [-0.25, -0.2) is 0 Å². The zero-order valence-corrected chi connectivity index (χ0v) is 9.29. The van der Waals surface area contributed by atoms with Crippen LogP contribution in [-0.4, -0.2) is 18.0 Å². The van der Waals surface area contributed by atoms with Gasteiger partial charge in [0.1, 0.15) is 0 Å². The predicted molar refractivity (Wildman–Crippen MR) is 60.0 cm³/mol. The average molecular weight is 259 g/mol. The van der Waals surface area contributed by atoms with Crippen molar-refractivity contribution in [2.24, 2.45) is 11.5 Å². The minimum Gasteiger partial charge on any atom is -0.380 e. The Balaban J connectivity index is 2.32. The van der Waals surface area contributed by atoms with Gasteiger partial charge in [0.25, 0.3) is 5.91 Å². The molecule has 0 heterocycles. The topological polar surface area (TPSA) is 81.1 Å². The van der Waals surface area contributed by atoms with E-state index in [4.69, 9.17) is 11.5 Å². The van der Waals surface area contributed by atoms with E-state index >= 15 is 0 Å². The molecule has 2 rings (SSSR count). The zero-order valence-electron chi connectivity index (χ0n) is 9.29. The quantitative estimate of drug-likeness (QED) is 0.765. The SMILES string of the molecule is NC(=O)c1cc(C(F)(F)F)ccc1NC1CC1N. The van der Waals surface area contributed by atoms with Crippen LogP contribution in [-0.2, 0) is 6.18 Å². The van der Waals surface area contributed by atoms with Gasteiger partial charge < -0.3 is 16.8 Å². The van der Waals surface area contributed by atoms with Crippen LogP contribution in [0.3, 0.4) is 0 Å². The lowest BCUT2D eigenvalue weighted by Crippen LogP contribution is -2.19. The van der Waals surface area contributed by atoms with E-state index in [1.54, 1.807) is 0 Å². The van der Waals surface area contributed by atoms with Gasteiger partial charge in [0.15, 0.2) is 0 Å². The number of primary amides is 1. The summed E-state index contributed by atoms with van der Waals surface area (Å²) in [7, 11) is 0. The van der Waals surface area contributed by atoms with Crippen LogP contribution in [0.2, 0.25) is 0 Å². The molecule has 1 saturated carbocycles. The fraction of sp³-hybridized carbons (Fsp3) is 0.364. The van der Waals surface area contributed by atoms with Crippen molar-refractivity contribution in [2.45, 2.75) is 24.7 Å². The predicted octanol–water partition coefficient (Wildman–Crippen LogP) is 1.32. The van der Waals surface area contributed by atoms with Crippen molar-refractivity contribution in [1.29, 1.82) is 0 Å². The van der Waals surface area contributed by atoms with Crippen LogP contribution < -0.4 is 16.8 Å². The van der Waals surface area contributed by atoms with Crippen LogP contribution >= 0.6 is 0 Å². The number of amides is 1. The van der Waals surface area contributed by atoms with Gasteiger partial charge in [-0.2, -0.15) is 13.2 Å². The normalized spacial score (nSPS) is 22.7. The molecule has 7 heteroatoms. The molecule has 4 nitrogen and oxygen atoms in total. The molecule has 2 atom stereocenters. The van der Waals surface area contributed by atoms with Gasteiger partial charge in [-0.3, -0.25) is 4.79 Å². The van der Waals surface area contributed by atoms with E-state index in [2.05, 4.69) is 5.32 Å². The molecule has 1 fully saturated rings. The van der Waals surface area contributed by atoms with Gasteiger partial charge >= 0.3 is 6.18 Å². The van der Waals surface area contributed by atoms with E-state index in [9.17, 15) is 18.0 Å². The first-order valence-electron chi connectivity index (χ1n) is 5.32. The minimum atomic E-state index is -4.50. The second-order valence-corrected chi connectivity index (χ2v) is 4.27. The number of hydrogen-bond acceptors (Lipinski definition) is 3. The van der Waals surface area contributed by atoms with E-state index in [0.717, 1.165) is 18.6 Å². The van der Waals surface area contributed by atoms with Crippen molar-refractivity contribution in [1.82, 2.24) is 0 Å². The summed E-state index contributed by atoms with van der Waals surface area (Å²) >= 11 is 0. The smallest absolute Gasteiger partial charge is 0.380 e. The molecule has 1 aromatic carbocycles. The number of benzene rings is 1. The number of carbonyl (C=O) groups excluding carboxylic acids is 1. The summed E-state index contributed by atoms with van der Waals surface area (Å²) < 4.78 is 37.5. The Bertz CT molecular complexity index is 487. The van der Waals surface area contributed by atoms with Crippen molar-refractivity contribution in [3.05, 3.63) is 29.3 Å². The summed E-state index contributed by atoms with van der Waals surface area (Å²) in [4.78, 5) is 11.2. The second kappa shape index (κ2) is 4.16. The Morgan fingerprint density at radius 1 is 1.39 bits per heavy atom. The number of hydrogen-bond donors (Lipinski definition) is 3. The minimum absolute atomic E-state index is 0.0140. The lowest BCUT2D eigenvalue weighted by Gasteiger charge is -2.13. The van der Waals surface area contributed by atoms with Gasteiger partial charge in [-0.1, -0.05) is 0 Å². The molecule has 1 aliphatic carbocycles. The van der Waals surface area contributed by atoms with Gasteiger partial charge in [-0.15, -0.1) is 0 Å². The Morgan fingerprint density at radius 2 is 2.00 bits per heavy atom. The van der Waals surface area contributed by atoms with Crippen LogP contribution in [0.25, 0.3) is 0 Å². The molecule has 0 aromatic heterocycles. The van der Waals surface area contributed by atoms with Crippen LogP contribution in [0, 0.1) is 0 Å². The molecule has 5 N–H and O–H groups in total. The summed E-state index contributed by atoms with van der Waals surface area (Å²) in [5, 5.41) is 2.90. The molecule has 0 aliphatic heterocycles. The van der Waals surface area contributed by atoms with Crippen molar-refractivity contribution in [3.8, 4) is 0 Å². The van der Waals surface area contributed by atoms with Gasteiger partial charge in [0.2, 0.25) is 0 Å². The fourth-order valence-corrected chi connectivity index (χ4v) is 1.63. The summed E-state index contributed by atoms with van der Waals surface area (Å²) in [6.07, 6.45) is -3.78. The molecule has 0 spiro atoms. The van der Waals surface area contributed by atoms with Gasteiger partial charge in [0.05, 0.1) is 11.1 Å². The van der Waals surface area contributed by atoms with E-state index in [0.29, 0.717) is 0 Å². The third kappa shape index (κ3) is 2.56. The highest BCUT2D eigenvalue weighted by Gasteiger charge is 2.35. The summed E-state index contributed by atoms with van der Waals surface area (Å²) in [6, 6.07) is 2.81. The molecule has 18 heavy (non-hydrogen) atoms. The van der Waals surface area contributed by atoms with E-state index in [1.807, 2.05) is 0 Å². The van der Waals surface area contributed by atoms with Gasteiger partial charge in [-0.05, 0) is 24.6 Å². The lowest BCUT2D eigenvalue weighted by atomic mass is 10.1. The first-order chi connectivity index (χ1) is 8.29. The Labute approximate surface area is 101 Å². The van der Waals surface area contributed by atoms with Crippen molar-refractivity contribution in [2.75, 3.05) is 5.32 Å². The van der Waals surface area contributed by atoms with E-state index < -0.39 is 17.6 Å². The summed E-state index contributed by atoms with van der Waals surface area (Å²) in [5.74, 6) is -0.905. The van der Waals surface area contributed by atoms with Crippen LogP contribution in [0.5, 0.6) is 0 Å². The molecular weight excluding hydrogens is 247 g/mol. The molecule has 1 aliphatic rings. The molecule has 0 saturated heterocycles. The maximum absolute atomic E-state index is 12.5. The van der Waals surface area contributed by atoms with Crippen molar-refractivity contribution >= 4 is 11.6 Å². The summed E-state index contributed by atoms with van der Waals surface area (Å²) in [6.45, 7) is 0. The highest BCUT2D eigenvalue weighted by Crippen LogP contribution is 2.33. The highest BCUT2D eigenvalue weighted by molar-refractivity contribution is 5.98. The van der Waals surface area contributed by atoms with E-state index in [-0.39, 0.29) is 23.3 Å². The van der Waals surface area contributed by atoms with Crippen LogP contribution in [0.4, 0.5) is 18.9 Å².